The second-order valence-electron chi connectivity index (χ2n) is 5.92. The van der Waals surface area contributed by atoms with Gasteiger partial charge in [0, 0.05) is 17.0 Å². The number of hydrogen-bond acceptors (Lipinski definition) is 3. The molecule has 1 aliphatic carbocycles. The predicted molar refractivity (Wildman–Crippen MR) is 76.6 cm³/mol. The van der Waals surface area contributed by atoms with Gasteiger partial charge in [0.2, 0.25) is 0 Å². The van der Waals surface area contributed by atoms with Gasteiger partial charge in [-0.25, -0.2) is 0 Å². The molecular weight excluding hydrogens is 252 g/mol. The Morgan fingerprint density at radius 3 is 2.25 bits per heavy atom. The van der Waals surface area contributed by atoms with Crippen molar-refractivity contribution < 1.29 is 14.3 Å². The summed E-state index contributed by atoms with van der Waals surface area (Å²) in [5, 5.41) is 0. The first-order chi connectivity index (χ1) is 9.69. The largest absolute Gasteiger partial charge is 0.344 e. The number of rotatable bonds is 3. The van der Waals surface area contributed by atoms with E-state index in [4.69, 9.17) is 9.47 Å². The van der Waals surface area contributed by atoms with Crippen LogP contribution in [0.4, 0.5) is 0 Å². The van der Waals surface area contributed by atoms with Gasteiger partial charge in [-0.05, 0) is 19.8 Å². The molecule has 0 spiro atoms. The molecule has 0 atom stereocenters. The molecule has 0 unspecified atom stereocenters. The van der Waals surface area contributed by atoms with Gasteiger partial charge in [-0.1, -0.05) is 43.5 Å². The normalized spacial score (nSPS) is 22.9. The minimum absolute atomic E-state index is 0.226. The fraction of sp³-hybridized carbons (Fsp3) is 0.588. The van der Waals surface area contributed by atoms with Crippen LogP contribution in [0.3, 0.4) is 0 Å². The molecule has 0 amide bonds. The van der Waals surface area contributed by atoms with Crippen LogP contribution in [0.15, 0.2) is 24.3 Å². The number of carbonyl (C=O) groups is 1. The van der Waals surface area contributed by atoms with Crippen LogP contribution in [-0.4, -0.2) is 19.0 Å². The Balaban J connectivity index is 1.73. The molecule has 0 N–H and O–H groups in total. The summed E-state index contributed by atoms with van der Waals surface area (Å²) in [4.78, 5) is 12.4. The molecule has 3 heteroatoms. The van der Waals surface area contributed by atoms with Gasteiger partial charge >= 0.3 is 0 Å². The van der Waals surface area contributed by atoms with Crippen molar-refractivity contribution >= 4 is 5.78 Å². The van der Waals surface area contributed by atoms with Gasteiger partial charge in [-0.2, -0.15) is 0 Å². The number of Topliss-reactive ketones (excluding diaryl/α,β-unsaturated/α-hetero) is 1. The Bertz CT molecular complexity index is 466. The van der Waals surface area contributed by atoms with Gasteiger partial charge in [0.15, 0.2) is 11.6 Å². The maximum Gasteiger partial charge on any atom is 0.192 e. The quantitative estimate of drug-likeness (QED) is 0.789. The zero-order valence-electron chi connectivity index (χ0n) is 12.1. The lowest BCUT2D eigenvalue weighted by molar-refractivity contribution is -0.149. The highest BCUT2D eigenvalue weighted by molar-refractivity contribution is 5.97. The van der Waals surface area contributed by atoms with E-state index in [1.54, 1.807) is 0 Å². The van der Waals surface area contributed by atoms with E-state index < -0.39 is 5.79 Å². The lowest BCUT2D eigenvalue weighted by Crippen LogP contribution is -2.23. The molecule has 2 aliphatic rings. The predicted octanol–water partition coefficient (Wildman–Crippen LogP) is 3.67. The van der Waals surface area contributed by atoms with Crippen molar-refractivity contribution in [2.24, 2.45) is 5.92 Å². The van der Waals surface area contributed by atoms with Crippen molar-refractivity contribution in [1.29, 1.82) is 0 Å². The molecule has 0 bridgehead atoms. The van der Waals surface area contributed by atoms with Crippen LogP contribution < -0.4 is 0 Å². The van der Waals surface area contributed by atoms with Crippen LogP contribution in [0.25, 0.3) is 0 Å². The molecule has 1 heterocycles. The van der Waals surface area contributed by atoms with E-state index in [1.807, 2.05) is 31.2 Å². The highest BCUT2D eigenvalue weighted by Crippen LogP contribution is 2.32. The van der Waals surface area contributed by atoms with E-state index in [9.17, 15) is 4.79 Å². The molecular formula is C17H22O3. The van der Waals surface area contributed by atoms with Crippen molar-refractivity contribution in [2.75, 3.05) is 13.2 Å². The monoisotopic (exact) mass is 274 g/mol. The zero-order chi connectivity index (χ0) is 14.0. The first-order valence-corrected chi connectivity index (χ1v) is 7.62. The summed E-state index contributed by atoms with van der Waals surface area (Å²) in [6.07, 6.45) is 5.74. The first-order valence-electron chi connectivity index (χ1n) is 7.62. The number of ketones is 1. The third-order valence-corrected chi connectivity index (χ3v) is 4.51. The van der Waals surface area contributed by atoms with Crippen LogP contribution in [0.5, 0.6) is 0 Å². The highest BCUT2D eigenvalue weighted by Gasteiger charge is 2.33. The molecule has 1 aliphatic heterocycles. The topological polar surface area (TPSA) is 35.5 Å². The molecule has 1 aromatic rings. The van der Waals surface area contributed by atoms with Crippen LogP contribution in [-0.2, 0) is 15.3 Å². The number of ether oxygens (including phenoxy) is 2. The van der Waals surface area contributed by atoms with E-state index in [0.29, 0.717) is 19.0 Å². The second kappa shape index (κ2) is 5.66. The molecule has 3 rings (SSSR count). The van der Waals surface area contributed by atoms with Crippen LogP contribution in [0, 0.1) is 5.92 Å². The van der Waals surface area contributed by atoms with Crippen molar-refractivity contribution in [3.8, 4) is 0 Å². The van der Waals surface area contributed by atoms with Gasteiger partial charge in [-0.15, -0.1) is 0 Å². The van der Waals surface area contributed by atoms with Crippen LogP contribution in [0.2, 0.25) is 0 Å². The highest BCUT2D eigenvalue weighted by atomic mass is 16.7. The average molecular weight is 274 g/mol. The SMILES string of the molecule is CC1(c2ccc(C(=O)C3CCCCC3)cc2)OCCO1. The Kier molecular flexibility index (Phi) is 3.90. The molecule has 3 nitrogen and oxygen atoms in total. The Labute approximate surface area is 120 Å². The third-order valence-electron chi connectivity index (χ3n) is 4.51. The molecule has 1 saturated carbocycles. The second-order valence-corrected chi connectivity index (χ2v) is 5.92. The third kappa shape index (κ3) is 2.65. The van der Waals surface area contributed by atoms with Gasteiger partial charge in [0.05, 0.1) is 13.2 Å². The van der Waals surface area contributed by atoms with Crippen molar-refractivity contribution in [2.45, 2.75) is 44.8 Å². The van der Waals surface area contributed by atoms with Crippen molar-refractivity contribution in [3.63, 3.8) is 0 Å². The maximum atomic E-state index is 12.4. The van der Waals surface area contributed by atoms with Gasteiger partial charge < -0.3 is 9.47 Å². The Morgan fingerprint density at radius 2 is 1.65 bits per heavy atom. The van der Waals surface area contributed by atoms with E-state index in [0.717, 1.165) is 24.0 Å². The zero-order valence-corrected chi connectivity index (χ0v) is 12.1. The molecule has 108 valence electrons. The smallest absolute Gasteiger partial charge is 0.192 e. The summed E-state index contributed by atoms with van der Waals surface area (Å²) in [5.74, 6) is -0.120. The fourth-order valence-corrected chi connectivity index (χ4v) is 3.22. The summed E-state index contributed by atoms with van der Waals surface area (Å²) in [6, 6.07) is 7.76. The van der Waals surface area contributed by atoms with E-state index in [-0.39, 0.29) is 5.92 Å². The van der Waals surface area contributed by atoms with Gasteiger partial charge in [-0.3, -0.25) is 4.79 Å². The molecule has 1 saturated heterocycles. The van der Waals surface area contributed by atoms with Gasteiger partial charge in [0.25, 0.3) is 0 Å². The lowest BCUT2D eigenvalue weighted by Gasteiger charge is -2.23. The first kappa shape index (κ1) is 13.8. The minimum atomic E-state index is -0.646. The number of benzene rings is 1. The average Bonchev–Trinajstić information content (AvgIpc) is 2.96. The van der Waals surface area contributed by atoms with Crippen LogP contribution >= 0.6 is 0 Å². The summed E-state index contributed by atoms with van der Waals surface area (Å²) in [6.45, 7) is 3.18. The van der Waals surface area contributed by atoms with E-state index in [2.05, 4.69) is 0 Å². The number of carbonyl (C=O) groups excluding carboxylic acids is 1. The Hall–Kier alpha value is -1.19. The summed E-state index contributed by atoms with van der Waals surface area (Å²) in [5.41, 5.74) is 1.80. The maximum absolute atomic E-state index is 12.4. The summed E-state index contributed by atoms with van der Waals surface area (Å²) >= 11 is 0. The molecule has 1 aromatic carbocycles. The molecule has 2 fully saturated rings. The van der Waals surface area contributed by atoms with Gasteiger partial charge in [0.1, 0.15) is 0 Å². The molecule has 0 aromatic heterocycles. The molecule has 20 heavy (non-hydrogen) atoms. The molecule has 0 radical (unpaired) electrons. The van der Waals surface area contributed by atoms with E-state index in [1.165, 1.54) is 19.3 Å². The standard InChI is InChI=1S/C17H22O3/c1-17(19-11-12-20-17)15-9-7-14(8-10-15)16(18)13-5-3-2-4-6-13/h7-10,13H,2-6,11-12H2,1H3. The number of hydrogen-bond donors (Lipinski definition) is 0. The lowest BCUT2D eigenvalue weighted by atomic mass is 9.83. The van der Waals surface area contributed by atoms with Crippen LogP contribution in [0.1, 0.15) is 54.9 Å². The van der Waals surface area contributed by atoms with E-state index >= 15 is 0 Å². The summed E-state index contributed by atoms with van der Waals surface area (Å²) in [7, 11) is 0. The van der Waals surface area contributed by atoms with Crippen molar-refractivity contribution in [3.05, 3.63) is 35.4 Å². The summed E-state index contributed by atoms with van der Waals surface area (Å²) < 4.78 is 11.3. The fourth-order valence-electron chi connectivity index (χ4n) is 3.22. The Morgan fingerprint density at radius 1 is 1.05 bits per heavy atom. The minimum Gasteiger partial charge on any atom is -0.344 e. The van der Waals surface area contributed by atoms with Crippen molar-refractivity contribution in [1.82, 2.24) is 0 Å².